The average molecular weight is 370 g/mol. The molecule has 1 saturated heterocycles. The number of benzene rings is 2. The number of rotatable bonds is 5. The van der Waals surface area contributed by atoms with Crippen LogP contribution in [0, 0.1) is 5.82 Å². The average Bonchev–Trinajstić information content (AvgIpc) is 2.69. The standard InChI is InChI=1S/C21H27FN4O/c1-24(2)19-7-9-20(10-8-19)25-13-15-26(16-14-25)21(27)23-12-11-17-3-5-18(22)6-4-17/h3-10H,11-16H2,1-2H3,(H,23,27). The summed E-state index contributed by atoms with van der Waals surface area (Å²) in [5, 5.41) is 2.96. The summed E-state index contributed by atoms with van der Waals surface area (Å²) in [6, 6.07) is 14.9. The molecule has 27 heavy (non-hydrogen) atoms. The van der Waals surface area contributed by atoms with E-state index in [0.29, 0.717) is 26.1 Å². The number of urea groups is 1. The van der Waals surface area contributed by atoms with Gasteiger partial charge in [0.2, 0.25) is 0 Å². The SMILES string of the molecule is CN(C)c1ccc(N2CCN(C(=O)NCCc3ccc(F)cc3)CC2)cc1. The minimum Gasteiger partial charge on any atom is -0.378 e. The van der Waals surface area contributed by atoms with Crippen LogP contribution in [-0.2, 0) is 6.42 Å². The fourth-order valence-electron chi connectivity index (χ4n) is 3.21. The number of amides is 2. The molecule has 0 radical (unpaired) electrons. The van der Waals surface area contributed by atoms with Crippen LogP contribution in [0.4, 0.5) is 20.6 Å². The second-order valence-electron chi connectivity index (χ2n) is 6.99. The minimum absolute atomic E-state index is 0.0280. The van der Waals surface area contributed by atoms with E-state index in [-0.39, 0.29) is 11.8 Å². The number of anilines is 2. The summed E-state index contributed by atoms with van der Waals surface area (Å²) in [7, 11) is 4.06. The van der Waals surface area contributed by atoms with Gasteiger partial charge in [0.1, 0.15) is 5.82 Å². The van der Waals surface area contributed by atoms with E-state index in [1.165, 1.54) is 23.5 Å². The molecule has 1 aliphatic rings. The zero-order valence-electron chi connectivity index (χ0n) is 16.0. The molecular formula is C21H27FN4O. The van der Waals surface area contributed by atoms with Crippen molar-refractivity contribution in [2.24, 2.45) is 0 Å². The minimum atomic E-state index is -0.239. The molecule has 1 N–H and O–H groups in total. The number of piperazine rings is 1. The maximum atomic E-state index is 12.9. The monoisotopic (exact) mass is 370 g/mol. The third kappa shape index (κ3) is 5.12. The first-order valence-electron chi connectivity index (χ1n) is 9.32. The molecule has 2 aromatic carbocycles. The van der Waals surface area contributed by atoms with Gasteiger partial charge >= 0.3 is 6.03 Å². The van der Waals surface area contributed by atoms with E-state index in [0.717, 1.165) is 18.7 Å². The van der Waals surface area contributed by atoms with Crippen LogP contribution in [0.1, 0.15) is 5.56 Å². The van der Waals surface area contributed by atoms with Crippen molar-refractivity contribution >= 4 is 17.4 Å². The van der Waals surface area contributed by atoms with Crippen LogP contribution < -0.4 is 15.1 Å². The molecule has 1 heterocycles. The maximum Gasteiger partial charge on any atom is 0.317 e. The summed E-state index contributed by atoms with van der Waals surface area (Å²) in [4.78, 5) is 18.6. The van der Waals surface area contributed by atoms with Crippen molar-refractivity contribution in [1.82, 2.24) is 10.2 Å². The number of carbonyl (C=O) groups excluding carboxylic acids is 1. The van der Waals surface area contributed by atoms with Crippen molar-refractivity contribution in [2.75, 3.05) is 56.6 Å². The molecule has 2 amide bonds. The summed E-state index contributed by atoms with van der Waals surface area (Å²) in [5.41, 5.74) is 3.39. The second-order valence-corrected chi connectivity index (χ2v) is 6.99. The Morgan fingerprint density at radius 1 is 1.00 bits per heavy atom. The molecule has 1 aliphatic heterocycles. The van der Waals surface area contributed by atoms with Gasteiger partial charge in [-0.15, -0.1) is 0 Å². The maximum absolute atomic E-state index is 12.9. The van der Waals surface area contributed by atoms with E-state index in [1.54, 1.807) is 12.1 Å². The molecule has 0 saturated carbocycles. The van der Waals surface area contributed by atoms with Gasteiger partial charge in [0.05, 0.1) is 0 Å². The fourth-order valence-corrected chi connectivity index (χ4v) is 3.21. The smallest absolute Gasteiger partial charge is 0.317 e. The first-order valence-corrected chi connectivity index (χ1v) is 9.32. The lowest BCUT2D eigenvalue weighted by Gasteiger charge is -2.36. The lowest BCUT2D eigenvalue weighted by atomic mass is 10.1. The molecule has 0 atom stereocenters. The van der Waals surface area contributed by atoms with E-state index in [2.05, 4.69) is 39.4 Å². The van der Waals surface area contributed by atoms with Crippen molar-refractivity contribution in [3.8, 4) is 0 Å². The lowest BCUT2D eigenvalue weighted by Crippen LogP contribution is -2.52. The van der Waals surface area contributed by atoms with Gasteiger partial charge in [-0.25, -0.2) is 9.18 Å². The molecule has 2 aromatic rings. The Balaban J connectivity index is 1.42. The Morgan fingerprint density at radius 3 is 2.22 bits per heavy atom. The van der Waals surface area contributed by atoms with Crippen LogP contribution in [0.5, 0.6) is 0 Å². The summed E-state index contributed by atoms with van der Waals surface area (Å²) in [5.74, 6) is -0.239. The van der Waals surface area contributed by atoms with Gasteiger partial charge < -0.3 is 20.0 Å². The van der Waals surface area contributed by atoms with Gasteiger partial charge in [-0.2, -0.15) is 0 Å². The quantitative estimate of drug-likeness (QED) is 0.880. The van der Waals surface area contributed by atoms with Gasteiger partial charge in [0.25, 0.3) is 0 Å². The highest BCUT2D eigenvalue weighted by Gasteiger charge is 2.21. The van der Waals surface area contributed by atoms with Crippen LogP contribution in [-0.4, -0.2) is 57.8 Å². The highest BCUT2D eigenvalue weighted by atomic mass is 19.1. The Bertz CT molecular complexity index is 738. The zero-order valence-corrected chi connectivity index (χ0v) is 16.0. The van der Waals surface area contributed by atoms with Crippen LogP contribution in [0.2, 0.25) is 0 Å². The van der Waals surface area contributed by atoms with E-state index in [4.69, 9.17) is 0 Å². The summed E-state index contributed by atoms with van der Waals surface area (Å²) in [6.07, 6.45) is 0.699. The van der Waals surface area contributed by atoms with Crippen molar-refractivity contribution in [2.45, 2.75) is 6.42 Å². The van der Waals surface area contributed by atoms with E-state index < -0.39 is 0 Å². The molecule has 144 valence electrons. The molecule has 1 fully saturated rings. The van der Waals surface area contributed by atoms with Crippen LogP contribution in [0.15, 0.2) is 48.5 Å². The largest absolute Gasteiger partial charge is 0.378 e. The third-order valence-corrected chi connectivity index (χ3v) is 4.90. The van der Waals surface area contributed by atoms with Gasteiger partial charge in [0.15, 0.2) is 0 Å². The Kier molecular flexibility index (Phi) is 6.16. The Labute approximate surface area is 160 Å². The van der Waals surface area contributed by atoms with Crippen LogP contribution in [0.3, 0.4) is 0 Å². The summed E-state index contributed by atoms with van der Waals surface area (Å²) < 4.78 is 12.9. The van der Waals surface area contributed by atoms with Crippen LogP contribution >= 0.6 is 0 Å². The van der Waals surface area contributed by atoms with Crippen molar-refractivity contribution < 1.29 is 9.18 Å². The topological polar surface area (TPSA) is 38.8 Å². The van der Waals surface area contributed by atoms with Crippen molar-refractivity contribution in [3.63, 3.8) is 0 Å². The van der Waals surface area contributed by atoms with Gasteiger partial charge in [-0.1, -0.05) is 12.1 Å². The number of nitrogens with one attached hydrogen (secondary N) is 1. The predicted molar refractivity (Wildman–Crippen MR) is 108 cm³/mol. The molecule has 0 bridgehead atoms. The zero-order chi connectivity index (χ0) is 19.2. The highest BCUT2D eigenvalue weighted by Crippen LogP contribution is 2.20. The molecule has 0 aromatic heterocycles. The first-order chi connectivity index (χ1) is 13.0. The second kappa shape index (κ2) is 8.75. The predicted octanol–water partition coefficient (Wildman–Crippen LogP) is 2.97. The Morgan fingerprint density at radius 2 is 1.63 bits per heavy atom. The molecule has 0 spiro atoms. The molecule has 0 aliphatic carbocycles. The number of hydrogen-bond acceptors (Lipinski definition) is 3. The molecular weight excluding hydrogens is 343 g/mol. The molecule has 5 nitrogen and oxygen atoms in total. The van der Waals surface area contributed by atoms with E-state index >= 15 is 0 Å². The van der Waals surface area contributed by atoms with E-state index in [1.807, 2.05) is 19.0 Å². The fraction of sp³-hybridized carbons (Fsp3) is 0.381. The molecule has 6 heteroatoms. The van der Waals surface area contributed by atoms with Crippen molar-refractivity contribution in [1.29, 1.82) is 0 Å². The van der Waals surface area contributed by atoms with E-state index in [9.17, 15) is 9.18 Å². The lowest BCUT2D eigenvalue weighted by molar-refractivity contribution is 0.194. The normalized spacial score (nSPS) is 14.2. The molecule has 0 unspecified atom stereocenters. The first kappa shape index (κ1) is 19.0. The molecule has 3 rings (SSSR count). The highest BCUT2D eigenvalue weighted by molar-refractivity contribution is 5.74. The Hall–Kier alpha value is -2.76. The number of hydrogen-bond donors (Lipinski definition) is 1. The number of nitrogens with zero attached hydrogens (tertiary/aromatic N) is 3. The summed E-state index contributed by atoms with van der Waals surface area (Å²) >= 11 is 0. The van der Waals surface area contributed by atoms with Gasteiger partial charge in [0, 0.05) is 58.2 Å². The van der Waals surface area contributed by atoms with Crippen LogP contribution in [0.25, 0.3) is 0 Å². The third-order valence-electron chi connectivity index (χ3n) is 4.90. The van der Waals surface area contributed by atoms with Gasteiger partial charge in [-0.05, 0) is 48.4 Å². The van der Waals surface area contributed by atoms with Gasteiger partial charge in [-0.3, -0.25) is 0 Å². The number of carbonyl (C=O) groups is 1. The number of halogens is 1. The summed E-state index contributed by atoms with van der Waals surface area (Å²) in [6.45, 7) is 3.62. The van der Waals surface area contributed by atoms with Crippen molar-refractivity contribution in [3.05, 3.63) is 59.9 Å².